The Morgan fingerprint density at radius 2 is 1.52 bits per heavy atom. The Labute approximate surface area is 128 Å². The molecule has 0 aromatic rings. The highest BCUT2D eigenvalue weighted by molar-refractivity contribution is 7.53. The Bertz CT molecular complexity index is 367. The zero-order valence-corrected chi connectivity index (χ0v) is 15.0. The van der Waals surface area contributed by atoms with Crippen LogP contribution in [0.5, 0.6) is 0 Å². The Morgan fingerprint density at radius 3 is 1.86 bits per heavy atom. The van der Waals surface area contributed by atoms with Gasteiger partial charge in [-0.15, -0.1) is 0 Å². The third-order valence-electron chi connectivity index (χ3n) is 2.85. The molecule has 0 saturated heterocycles. The Morgan fingerprint density at radius 1 is 1.10 bits per heavy atom. The van der Waals surface area contributed by atoms with E-state index in [1.165, 1.54) is 14.2 Å². The van der Waals surface area contributed by atoms with Gasteiger partial charge >= 0.3 is 7.60 Å². The van der Waals surface area contributed by atoms with Gasteiger partial charge in [0.05, 0.1) is 12.8 Å². The van der Waals surface area contributed by atoms with Gasteiger partial charge < -0.3 is 14.6 Å². The second-order valence-corrected chi connectivity index (χ2v) is 7.76. The van der Waals surface area contributed by atoms with Crippen molar-refractivity contribution in [2.75, 3.05) is 27.0 Å². The number of hydrogen-bond acceptors (Lipinski definition) is 6. The SMILES string of the molecule is COC(C)(C)OP(=O)(CC/C=C(\C)CO)OC(C)(C)OC. The van der Waals surface area contributed by atoms with Crippen LogP contribution in [0, 0.1) is 0 Å². The van der Waals surface area contributed by atoms with Crippen molar-refractivity contribution in [3.63, 3.8) is 0 Å². The van der Waals surface area contributed by atoms with E-state index in [4.69, 9.17) is 23.6 Å². The summed E-state index contributed by atoms with van der Waals surface area (Å²) in [4.78, 5) is 0. The molecule has 0 radical (unpaired) electrons. The van der Waals surface area contributed by atoms with E-state index in [0.29, 0.717) is 6.42 Å². The predicted octanol–water partition coefficient (Wildman–Crippen LogP) is 3.31. The zero-order valence-electron chi connectivity index (χ0n) is 14.1. The van der Waals surface area contributed by atoms with Crippen LogP contribution in [0.3, 0.4) is 0 Å². The molecule has 6 nitrogen and oxygen atoms in total. The molecule has 0 amide bonds. The highest BCUT2D eigenvalue weighted by Crippen LogP contribution is 2.55. The molecule has 126 valence electrons. The van der Waals surface area contributed by atoms with E-state index < -0.39 is 19.2 Å². The molecule has 0 rings (SSSR count). The monoisotopic (exact) mass is 324 g/mol. The van der Waals surface area contributed by atoms with Crippen LogP contribution in [0.1, 0.15) is 41.0 Å². The van der Waals surface area contributed by atoms with Gasteiger partial charge in [-0.05, 0) is 41.0 Å². The fourth-order valence-electron chi connectivity index (χ4n) is 1.39. The van der Waals surface area contributed by atoms with Crippen molar-refractivity contribution in [1.29, 1.82) is 0 Å². The second-order valence-electron chi connectivity index (χ2n) is 5.72. The average molecular weight is 324 g/mol. The molecule has 0 bridgehead atoms. The molecular formula is C14H29O6P. The van der Waals surface area contributed by atoms with Crippen LogP contribution >= 0.6 is 7.60 Å². The fraction of sp³-hybridized carbons (Fsp3) is 0.857. The molecule has 0 unspecified atom stereocenters. The zero-order chi connectivity index (χ0) is 16.7. The minimum absolute atomic E-state index is 0.0286. The summed E-state index contributed by atoms with van der Waals surface area (Å²) in [6.07, 6.45) is 2.44. The molecule has 1 N–H and O–H groups in total. The van der Waals surface area contributed by atoms with Crippen LogP contribution in [0.4, 0.5) is 0 Å². The van der Waals surface area contributed by atoms with E-state index in [0.717, 1.165) is 5.57 Å². The van der Waals surface area contributed by atoms with Crippen LogP contribution < -0.4 is 0 Å². The van der Waals surface area contributed by atoms with Gasteiger partial charge in [0.2, 0.25) is 0 Å². The smallest absolute Gasteiger partial charge is 0.335 e. The van der Waals surface area contributed by atoms with Crippen LogP contribution in [0.2, 0.25) is 0 Å². The lowest BCUT2D eigenvalue weighted by atomic mass is 10.3. The number of ether oxygens (including phenoxy) is 2. The van der Waals surface area contributed by atoms with Crippen LogP contribution in [0.25, 0.3) is 0 Å². The Balaban J connectivity index is 5.04. The maximum Gasteiger partial charge on any atom is 0.335 e. The minimum Gasteiger partial charge on any atom is -0.392 e. The summed E-state index contributed by atoms with van der Waals surface area (Å²) in [5.74, 6) is -2.07. The fourth-order valence-corrected chi connectivity index (χ4v) is 3.54. The van der Waals surface area contributed by atoms with Crippen LogP contribution in [0.15, 0.2) is 11.6 Å². The van der Waals surface area contributed by atoms with Gasteiger partial charge in [-0.1, -0.05) is 11.6 Å². The van der Waals surface area contributed by atoms with Gasteiger partial charge in [-0.2, -0.15) is 0 Å². The predicted molar refractivity (Wildman–Crippen MR) is 82.3 cm³/mol. The molecule has 0 heterocycles. The third-order valence-corrected chi connectivity index (χ3v) is 5.09. The van der Waals surface area contributed by atoms with Crippen molar-refractivity contribution in [2.24, 2.45) is 0 Å². The first-order chi connectivity index (χ1) is 9.49. The van der Waals surface area contributed by atoms with E-state index >= 15 is 0 Å². The molecule has 0 aliphatic rings. The quantitative estimate of drug-likeness (QED) is 0.377. The van der Waals surface area contributed by atoms with Gasteiger partial charge in [0.15, 0.2) is 11.6 Å². The van der Waals surface area contributed by atoms with Crippen molar-refractivity contribution in [2.45, 2.75) is 52.6 Å². The number of aliphatic hydroxyl groups excluding tert-OH is 1. The van der Waals surface area contributed by atoms with Crippen molar-refractivity contribution < 1.29 is 28.2 Å². The summed E-state index contributed by atoms with van der Waals surface area (Å²) in [7, 11) is -0.491. The van der Waals surface area contributed by atoms with E-state index in [2.05, 4.69) is 0 Å². The molecule has 0 atom stereocenters. The first kappa shape index (κ1) is 20.8. The van der Waals surface area contributed by atoms with Crippen molar-refractivity contribution in [3.05, 3.63) is 11.6 Å². The van der Waals surface area contributed by atoms with Crippen LogP contribution in [-0.2, 0) is 23.1 Å². The van der Waals surface area contributed by atoms with E-state index in [1.54, 1.807) is 40.7 Å². The van der Waals surface area contributed by atoms with Crippen LogP contribution in [-0.4, -0.2) is 43.7 Å². The molecule has 7 heteroatoms. The topological polar surface area (TPSA) is 74.2 Å². The molecule has 0 spiro atoms. The van der Waals surface area contributed by atoms with Crippen molar-refractivity contribution in [3.8, 4) is 0 Å². The Hall–Kier alpha value is -0.230. The number of methoxy groups -OCH3 is 2. The second kappa shape index (κ2) is 8.42. The molecule has 21 heavy (non-hydrogen) atoms. The highest BCUT2D eigenvalue weighted by Gasteiger charge is 2.38. The number of hydrogen-bond donors (Lipinski definition) is 1. The first-order valence-corrected chi connectivity index (χ1v) is 8.59. The summed E-state index contributed by atoms with van der Waals surface area (Å²) in [6.45, 7) is 8.43. The lowest BCUT2D eigenvalue weighted by Gasteiger charge is -2.33. The third kappa shape index (κ3) is 8.71. The highest BCUT2D eigenvalue weighted by atomic mass is 31.2. The van der Waals surface area contributed by atoms with Gasteiger partial charge in [0.25, 0.3) is 0 Å². The molecule has 0 aliphatic carbocycles. The summed E-state index contributed by atoms with van der Waals surface area (Å²) in [6, 6.07) is 0. The summed E-state index contributed by atoms with van der Waals surface area (Å²) in [5, 5.41) is 8.97. The maximum atomic E-state index is 12.9. The summed E-state index contributed by atoms with van der Waals surface area (Å²) in [5.41, 5.74) is 0.804. The molecule has 0 aromatic heterocycles. The molecule has 0 aromatic carbocycles. The lowest BCUT2D eigenvalue weighted by Crippen LogP contribution is -2.31. The maximum absolute atomic E-state index is 12.9. The van der Waals surface area contributed by atoms with Gasteiger partial charge in [0.1, 0.15) is 0 Å². The molecular weight excluding hydrogens is 295 g/mol. The molecule has 0 aliphatic heterocycles. The minimum atomic E-state index is -3.44. The number of rotatable bonds is 10. The largest absolute Gasteiger partial charge is 0.392 e. The van der Waals surface area contributed by atoms with E-state index in [1.807, 2.05) is 0 Å². The summed E-state index contributed by atoms with van der Waals surface area (Å²) >= 11 is 0. The van der Waals surface area contributed by atoms with Crippen molar-refractivity contribution in [1.82, 2.24) is 0 Å². The first-order valence-electron chi connectivity index (χ1n) is 6.86. The standard InChI is InChI=1S/C14H29O6P/c1-12(11-15)9-8-10-21(16,19-13(2,3)17-6)20-14(4,5)18-7/h9,15H,8,10-11H2,1-7H3/b12-9+. The lowest BCUT2D eigenvalue weighted by molar-refractivity contribution is -0.173. The molecule has 0 saturated carbocycles. The summed E-state index contributed by atoms with van der Waals surface area (Å²) < 4.78 is 34.4. The van der Waals surface area contributed by atoms with E-state index in [9.17, 15) is 4.57 Å². The number of allylic oxidation sites excluding steroid dienone is 1. The van der Waals surface area contributed by atoms with E-state index in [-0.39, 0.29) is 12.8 Å². The van der Waals surface area contributed by atoms with Gasteiger partial charge in [0, 0.05) is 14.2 Å². The Kier molecular flexibility index (Phi) is 8.32. The van der Waals surface area contributed by atoms with Crippen molar-refractivity contribution >= 4 is 7.60 Å². The number of aliphatic hydroxyl groups is 1. The molecule has 0 fully saturated rings. The normalized spacial score (nSPS) is 14.6. The van der Waals surface area contributed by atoms with Gasteiger partial charge in [-0.3, -0.25) is 13.6 Å². The average Bonchev–Trinajstić information content (AvgIpc) is 2.37. The van der Waals surface area contributed by atoms with Gasteiger partial charge in [-0.25, -0.2) is 0 Å².